The zero-order valence-corrected chi connectivity index (χ0v) is 20.9. The molecule has 2 amide bonds. The molecule has 186 valence electrons. The standard InChI is InChI=1S/C26H32N4O4S/c1-19-16-25(31)27-23-8-4-5-9-24(23)30(19)26(32)18-28-12-14-29(15-13-28)35(33,34)22-11-10-20-6-2-3-7-21(20)17-22/h4-5,8-11,17,19H,2-3,6-7,12-16,18H2,1H3,(H,27,31). The van der Waals surface area contributed by atoms with Crippen molar-refractivity contribution in [3.63, 3.8) is 0 Å². The fraction of sp³-hybridized carbons (Fsp3) is 0.462. The molecule has 1 aliphatic carbocycles. The maximum atomic E-state index is 13.3. The lowest BCUT2D eigenvalue weighted by Gasteiger charge is -2.35. The van der Waals surface area contributed by atoms with E-state index >= 15 is 0 Å². The van der Waals surface area contributed by atoms with E-state index in [4.69, 9.17) is 0 Å². The maximum absolute atomic E-state index is 13.3. The van der Waals surface area contributed by atoms with Crippen LogP contribution >= 0.6 is 0 Å². The summed E-state index contributed by atoms with van der Waals surface area (Å²) in [4.78, 5) is 29.6. The smallest absolute Gasteiger partial charge is 0.243 e. The van der Waals surface area contributed by atoms with Crippen LogP contribution in [0.25, 0.3) is 0 Å². The molecule has 1 unspecified atom stereocenters. The van der Waals surface area contributed by atoms with Crippen molar-refractivity contribution in [3.8, 4) is 0 Å². The van der Waals surface area contributed by atoms with Gasteiger partial charge in [0.2, 0.25) is 21.8 Å². The van der Waals surface area contributed by atoms with Crippen molar-refractivity contribution >= 4 is 33.2 Å². The molecular weight excluding hydrogens is 464 g/mol. The van der Waals surface area contributed by atoms with Gasteiger partial charge in [0, 0.05) is 38.6 Å². The van der Waals surface area contributed by atoms with E-state index in [0.29, 0.717) is 42.4 Å². The first-order chi connectivity index (χ1) is 16.8. The molecule has 2 aliphatic heterocycles. The van der Waals surface area contributed by atoms with Crippen LogP contribution in [0, 0.1) is 0 Å². The second kappa shape index (κ2) is 9.72. The Labute approximate surface area is 206 Å². The van der Waals surface area contributed by atoms with E-state index in [-0.39, 0.29) is 30.8 Å². The summed E-state index contributed by atoms with van der Waals surface area (Å²) in [6, 6.07) is 12.6. The molecule has 0 saturated carbocycles. The van der Waals surface area contributed by atoms with Gasteiger partial charge in [-0.05, 0) is 68.0 Å². The van der Waals surface area contributed by atoms with Gasteiger partial charge in [-0.15, -0.1) is 0 Å². The Morgan fingerprint density at radius 1 is 1.00 bits per heavy atom. The minimum absolute atomic E-state index is 0.0903. The lowest BCUT2D eigenvalue weighted by molar-refractivity contribution is -0.120. The highest BCUT2D eigenvalue weighted by Crippen LogP contribution is 2.31. The number of anilines is 2. The third-order valence-electron chi connectivity index (χ3n) is 7.28. The molecule has 5 rings (SSSR count). The van der Waals surface area contributed by atoms with Crippen molar-refractivity contribution in [2.45, 2.75) is 50.0 Å². The highest BCUT2D eigenvalue weighted by molar-refractivity contribution is 7.89. The van der Waals surface area contributed by atoms with Gasteiger partial charge >= 0.3 is 0 Å². The van der Waals surface area contributed by atoms with E-state index in [9.17, 15) is 18.0 Å². The molecule has 2 aromatic carbocycles. The Morgan fingerprint density at radius 2 is 1.71 bits per heavy atom. The number of nitrogens with zero attached hydrogens (tertiary/aromatic N) is 3. The highest BCUT2D eigenvalue weighted by atomic mass is 32.2. The number of hydrogen-bond donors (Lipinski definition) is 1. The van der Waals surface area contributed by atoms with Crippen molar-refractivity contribution in [1.29, 1.82) is 0 Å². The SMILES string of the molecule is CC1CC(=O)Nc2ccccc2N1C(=O)CN1CCN(S(=O)(=O)c2ccc3c(c2)CCCC3)CC1. The Kier molecular flexibility index (Phi) is 6.65. The van der Waals surface area contributed by atoms with Crippen LogP contribution in [0.3, 0.4) is 0 Å². The van der Waals surface area contributed by atoms with E-state index in [1.54, 1.807) is 17.0 Å². The van der Waals surface area contributed by atoms with Gasteiger partial charge in [-0.25, -0.2) is 8.42 Å². The Balaban J connectivity index is 1.25. The molecule has 1 fully saturated rings. The quantitative estimate of drug-likeness (QED) is 0.703. The van der Waals surface area contributed by atoms with Crippen LogP contribution in [0.4, 0.5) is 11.4 Å². The Bertz CT molecular complexity index is 1240. The van der Waals surface area contributed by atoms with Gasteiger partial charge in [-0.1, -0.05) is 18.2 Å². The molecule has 2 aromatic rings. The number of piperazine rings is 1. The monoisotopic (exact) mass is 496 g/mol. The summed E-state index contributed by atoms with van der Waals surface area (Å²) in [5.74, 6) is -0.200. The molecule has 1 saturated heterocycles. The number of fused-ring (bicyclic) bond motifs is 2. The van der Waals surface area contributed by atoms with Crippen LogP contribution in [0.2, 0.25) is 0 Å². The van der Waals surface area contributed by atoms with Crippen LogP contribution < -0.4 is 10.2 Å². The lowest BCUT2D eigenvalue weighted by atomic mass is 9.92. The maximum Gasteiger partial charge on any atom is 0.243 e. The summed E-state index contributed by atoms with van der Waals surface area (Å²) in [6.07, 6.45) is 4.45. The van der Waals surface area contributed by atoms with Crippen LogP contribution in [0.5, 0.6) is 0 Å². The number of hydrogen-bond acceptors (Lipinski definition) is 5. The second-order valence-electron chi connectivity index (χ2n) is 9.70. The van der Waals surface area contributed by atoms with Crippen molar-refractivity contribution < 1.29 is 18.0 Å². The fourth-order valence-electron chi connectivity index (χ4n) is 5.38. The number of aryl methyl sites for hydroxylation is 2. The van der Waals surface area contributed by atoms with Crippen LogP contribution in [0.1, 0.15) is 37.3 Å². The number of carbonyl (C=O) groups is 2. The summed E-state index contributed by atoms with van der Waals surface area (Å²) in [5.41, 5.74) is 3.75. The van der Waals surface area contributed by atoms with E-state index < -0.39 is 10.0 Å². The second-order valence-corrected chi connectivity index (χ2v) is 11.6. The molecule has 9 heteroatoms. The van der Waals surface area contributed by atoms with Crippen molar-refractivity contribution in [2.24, 2.45) is 0 Å². The molecule has 1 atom stereocenters. The molecule has 3 aliphatic rings. The Hall–Kier alpha value is -2.75. The molecule has 2 heterocycles. The zero-order valence-electron chi connectivity index (χ0n) is 20.1. The number of carbonyl (C=O) groups excluding carboxylic acids is 2. The zero-order chi connectivity index (χ0) is 24.6. The minimum atomic E-state index is -3.56. The van der Waals surface area contributed by atoms with Crippen LogP contribution in [-0.4, -0.2) is 68.2 Å². The molecule has 0 bridgehead atoms. The first-order valence-corrected chi connectivity index (χ1v) is 13.8. The average Bonchev–Trinajstić information content (AvgIpc) is 2.98. The number of rotatable bonds is 4. The minimum Gasteiger partial charge on any atom is -0.324 e. The van der Waals surface area contributed by atoms with Crippen molar-refractivity contribution in [3.05, 3.63) is 53.6 Å². The predicted octanol–water partition coefficient (Wildman–Crippen LogP) is 2.64. The summed E-state index contributed by atoms with van der Waals surface area (Å²) in [7, 11) is -3.56. The summed E-state index contributed by atoms with van der Waals surface area (Å²) in [5, 5.41) is 2.88. The molecule has 35 heavy (non-hydrogen) atoms. The molecule has 0 radical (unpaired) electrons. The first kappa shape index (κ1) is 24.0. The van der Waals surface area contributed by atoms with E-state index in [1.165, 1.54) is 9.87 Å². The van der Waals surface area contributed by atoms with Gasteiger partial charge in [0.1, 0.15) is 0 Å². The summed E-state index contributed by atoms with van der Waals surface area (Å²) >= 11 is 0. The molecule has 0 spiro atoms. The van der Waals surface area contributed by atoms with E-state index in [0.717, 1.165) is 31.2 Å². The average molecular weight is 497 g/mol. The fourth-order valence-corrected chi connectivity index (χ4v) is 6.86. The highest BCUT2D eigenvalue weighted by Gasteiger charge is 2.33. The number of para-hydroxylation sites is 2. The van der Waals surface area contributed by atoms with Gasteiger partial charge in [-0.3, -0.25) is 14.5 Å². The third-order valence-corrected chi connectivity index (χ3v) is 9.17. The normalized spacial score (nSPS) is 21.6. The number of benzene rings is 2. The topological polar surface area (TPSA) is 90.0 Å². The number of nitrogens with one attached hydrogen (secondary N) is 1. The first-order valence-electron chi connectivity index (χ1n) is 12.4. The number of amides is 2. The Morgan fingerprint density at radius 3 is 2.49 bits per heavy atom. The predicted molar refractivity (Wildman–Crippen MR) is 135 cm³/mol. The van der Waals surface area contributed by atoms with Crippen molar-refractivity contribution in [2.75, 3.05) is 42.9 Å². The lowest BCUT2D eigenvalue weighted by Crippen LogP contribution is -2.52. The molecular formula is C26H32N4O4S. The van der Waals surface area contributed by atoms with Gasteiger partial charge in [-0.2, -0.15) is 4.31 Å². The van der Waals surface area contributed by atoms with Gasteiger partial charge in [0.15, 0.2) is 0 Å². The third kappa shape index (κ3) is 4.85. The van der Waals surface area contributed by atoms with Gasteiger partial charge in [0.05, 0.1) is 22.8 Å². The van der Waals surface area contributed by atoms with Gasteiger partial charge < -0.3 is 10.2 Å². The largest absolute Gasteiger partial charge is 0.324 e. The molecule has 8 nitrogen and oxygen atoms in total. The molecule has 0 aromatic heterocycles. The van der Waals surface area contributed by atoms with Gasteiger partial charge in [0.25, 0.3) is 0 Å². The summed E-state index contributed by atoms with van der Waals surface area (Å²) < 4.78 is 28.1. The van der Waals surface area contributed by atoms with E-state index in [2.05, 4.69) is 5.32 Å². The van der Waals surface area contributed by atoms with Crippen LogP contribution in [0.15, 0.2) is 47.4 Å². The molecule has 1 N–H and O–H groups in total. The summed E-state index contributed by atoms with van der Waals surface area (Å²) in [6.45, 7) is 3.72. The van der Waals surface area contributed by atoms with Crippen molar-refractivity contribution in [1.82, 2.24) is 9.21 Å². The van der Waals surface area contributed by atoms with E-state index in [1.807, 2.05) is 42.2 Å². The van der Waals surface area contributed by atoms with Crippen LogP contribution in [-0.2, 0) is 32.5 Å². The number of sulfonamides is 1.